The van der Waals surface area contributed by atoms with Crippen molar-refractivity contribution in [3.05, 3.63) is 10.0 Å². The average Bonchev–Trinajstić information content (AvgIpc) is 2.77. The Bertz CT molecular complexity index is 376. The van der Waals surface area contributed by atoms with Gasteiger partial charge in [0.1, 0.15) is 5.01 Å². The van der Waals surface area contributed by atoms with Gasteiger partial charge in [-0.2, -0.15) is 0 Å². The molecule has 2 heterocycles. The largest absolute Gasteiger partial charge is 0.379 e. The number of nitrogens with zero attached hydrogens (tertiary/aromatic N) is 3. The highest BCUT2D eigenvalue weighted by molar-refractivity contribution is 7.13. The second-order valence-electron chi connectivity index (χ2n) is 3.84. The van der Waals surface area contributed by atoms with Crippen LogP contribution < -0.4 is 5.32 Å². The third kappa shape index (κ3) is 3.72. The van der Waals surface area contributed by atoms with Crippen LogP contribution in [0, 0.1) is 6.92 Å². The normalized spacial score (nSPS) is 17.0. The molecule has 17 heavy (non-hydrogen) atoms. The maximum atomic E-state index is 11.7. The van der Waals surface area contributed by atoms with Gasteiger partial charge in [-0.1, -0.05) is 11.3 Å². The maximum Gasteiger partial charge on any atom is 0.282 e. The lowest BCUT2D eigenvalue weighted by Crippen LogP contribution is -2.41. The second kappa shape index (κ2) is 6.04. The molecule has 0 radical (unpaired) electrons. The van der Waals surface area contributed by atoms with Crippen LogP contribution in [-0.2, 0) is 4.74 Å². The number of aryl methyl sites for hydroxylation is 1. The molecule has 1 N–H and O–H groups in total. The SMILES string of the molecule is Cc1nnc(C(=O)NCCN2CCOCC2)s1. The van der Waals surface area contributed by atoms with Crippen LogP contribution in [0.25, 0.3) is 0 Å². The summed E-state index contributed by atoms with van der Waals surface area (Å²) < 4.78 is 5.25. The molecule has 0 spiro atoms. The third-order valence-electron chi connectivity index (χ3n) is 2.54. The summed E-state index contributed by atoms with van der Waals surface area (Å²) in [6, 6.07) is 0. The number of aromatic nitrogens is 2. The fourth-order valence-electron chi connectivity index (χ4n) is 1.62. The molecule has 0 unspecified atom stereocenters. The lowest BCUT2D eigenvalue weighted by molar-refractivity contribution is 0.0383. The summed E-state index contributed by atoms with van der Waals surface area (Å²) in [5.41, 5.74) is 0. The van der Waals surface area contributed by atoms with E-state index in [4.69, 9.17) is 4.74 Å². The van der Waals surface area contributed by atoms with Crippen LogP contribution in [0.2, 0.25) is 0 Å². The fourth-order valence-corrected chi connectivity index (χ4v) is 2.22. The van der Waals surface area contributed by atoms with Crippen molar-refractivity contribution in [2.45, 2.75) is 6.92 Å². The van der Waals surface area contributed by atoms with Gasteiger partial charge in [0.2, 0.25) is 5.01 Å². The highest BCUT2D eigenvalue weighted by atomic mass is 32.1. The maximum absolute atomic E-state index is 11.7. The van der Waals surface area contributed by atoms with Crippen molar-refractivity contribution in [1.82, 2.24) is 20.4 Å². The van der Waals surface area contributed by atoms with Crippen molar-refractivity contribution >= 4 is 17.2 Å². The molecule has 1 saturated heterocycles. The van der Waals surface area contributed by atoms with Crippen molar-refractivity contribution < 1.29 is 9.53 Å². The zero-order valence-corrected chi connectivity index (χ0v) is 10.6. The quantitative estimate of drug-likeness (QED) is 0.815. The summed E-state index contributed by atoms with van der Waals surface area (Å²) >= 11 is 1.31. The van der Waals surface area contributed by atoms with Gasteiger partial charge in [-0.25, -0.2) is 0 Å². The number of amides is 1. The lowest BCUT2D eigenvalue weighted by Gasteiger charge is -2.26. The lowest BCUT2D eigenvalue weighted by atomic mass is 10.4. The minimum absolute atomic E-state index is 0.135. The van der Waals surface area contributed by atoms with Crippen molar-refractivity contribution in [3.63, 3.8) is 0 Å². The van der Waals surface area contributed by atoms with E-state index >= 15 is 0 Å². The number of morpholine rings is 1. The van der Waals surface area contributed by atoms with E-state index < -0.39 is 0 Å². The fraction of sp³-hybridized carbons (Fsp3) is 0.700. The van der Waals surface area contributed by atoms with Crippen molar-refractivity contribution in [2.24, 2.45) is 0 Å². The first kappa shape index (κ1) is 12.4. The van der Waals surface area contributed by atoms with E-state index in [-0.39, 0.29) is 5.91 Å². The highest BCUT2D eigenvalue weighted by Gasteiger charge is 2.12. The molecule has 0 saturated carbocycles. The highest BCUT2D eigenvalue weighted by Crippen LogP contribution is 2.07. The molecule has 6 nitrogen and oxygen atoms in total. The topological polar surface area (TPSA) is 67.4 Å². The van der Waals surface area contributed by atoms with Crippen molar-refractivity contribution in [2.75, 3.05) is 39.4 Å². The smallest absolute Gasteiger partial charge is 0.282 e. The third-order valence-corrected chi connectivity index (χ3v) is 3.38. The number of carbonyl (C=O) groups excluding carboxylic acids is 1. The number of hydrogen-bond acceptors (Lipinski definition) is 6. The van der Waals surface area contributed by atoms with E-state index in [0.717, 1.165) is 37.9 Å². The van der Waals surface area contributed by atoms with Crippen LogP contribution in [0.4, 0.5) is 0 Å². The Hall–Kier alpha value is -1.05. The Morgan fingerprint density at radius 3 is 2.88 bits per heavy atom. The molecule has 2 rings (SSSR count). The average molecular weight is 256 g/mol. The predicted molar refractivity (Wildman–Crippen MR) is 64.2 cm³/mol. The molecule has 1 aliphatic heterocycles. The van der Waals surface area contributed by atoms with Gasteiger partial charge < -0.3 is 10.1 Å². The van der Waals surface area contributed by atoms with Crippen LogP contribution in [0.15, 0.2) is 0 Å². The Kier molecular flexibility index (Phi) is 4.41. The summed E-state index contributed by atoms with van der Waals surface area (Å²) in [5.74, 6) is -0.135. The molecule has 94 valence electrons. The molecule has 1 fully saturated rings. The minimum Gasteiger partial charge on any atom is -0.379 e. The Morgan fingerprint density at radius 2 is 2.24 bits per heavy atom. The van der Waals surface area contributed by atoms with Crippen LogP contribution in [0.3, 0.4) is 0 Å². The summed E-state index contributed by atoms with van der Waals surface area (Å²) in [7, 11) is 0. The molecular weight excluding hydrogens is 240 g/mol. The van der Waals surface area contributed by atoms with E-state index in [2.05, 4.69) is 20.4 Å². The summed E-state index contributed by atoms with van der Waals surface area (Å²) in [5, 5.41) is 11.7. The monoisotopic (exact) mass is 256 g/mol. The molecule has 7 heteroatoms. The Morgan fingerprint density at radius 1 is 1.47 bits per heavy atom. The van der Waals surface area contributed by atoms with Crippen LogP contribution >= 0.6 is 11.3 Å². The molecule has 1 amide bonds. The van der Waals surface area contributed by atoms with Gasteiger partial charge in [-0.05, 0) is 6.92 Å². The van der Waals surface area contributed by atoms with Gasteiger partial charge in [0.15, 0.2) is 0 Å². The van der Waals surface area contributed by atoms with E-state index in [1.807, 2.05) is 6.92 Å². The second-order valence-corrected chi connectivity index (χ2v) is 5.02. The van der Waals surface area contributed by atoms with E-state index in [1.165, 1.54) is 11.3 Å². The molecule has 0 bridgehead atoms. The van der Waals surface area contributed by atoms with Gasteiger partial charge in [0.25, 0.3) is 5.91 Å². The van der Waals surface area contributed by atoms with Crippen LogP contribution in [0.5, 0.6) is 0 Å². The summed E-state index contributed by atoms with van der Waals surface area (Å²) in [6.07, 6.45) is 0. The summed E-state index contributed by atoms with van der Waals surface area (Å²) in [4.78, 5) is 13.9. The molecule has 0 aliphatic carbocycles. The molecule has 1 aromatic heterocycles. The zero-order valence-electron chi connectivity index (χ0n) is 9.81. The number of carbonyl (C=O) groups is 1. The van der Waals surface area contributed by atoms with E-state index in [9.17, 15) is 4.79 Å². The van der Waals surface area contributed by atoms with E-state index in [0.29, 0.717) is 11.6 Å². The molecular formula is C10H16N4O2S. The van der Waals surface area contributed by atoms with Gasteiger partial charge in [-0.15, -0.1) is 10.2 Å². The van der Waals surface area contributed by atoms with Gasteiger partial charge >= 0.3 is 0 Å². The minimum atomic E-state index is -0.135. The Balaban J connectivity index is 1.69. The Labute approximate surface area is 104 Å². The van der Waals surface area contributed by atoms with Gasteiger partial charge in [0.05, 0.1) is 13.2 Å². The molecule has 1 aliphatic rings. The first-order valence-electron chi connectivity index (χ1n) is 5.64. The summed E-state index contributed by atoms with van der Waals surface area (Å²) in [6.45, 7) is 6.77. The first-order valence-corrected chi connectivity index (χ1v) is 6.46. The number of ether oxygens (including phenoxy) is 1. The first-order chi connectivity index (χ1) is 8.25. The van der Waals surface area contributed by atoms with Gasteiger partial charge in [-0.3, -0.25) is 9.69 Å². The zero-order chi connectivity index (χ0) is 12.1. The standard InChI is InChI=1S/C10H16N4O2S/c1-8-12-13-10(17-8)9(15)11-2-3-14-4-6-16-7-5-14/h2-7H2,1H3,(H,11,15). The predicted octanol–water partition coefficient (Wildman–Crippen LogP) is -0.0915. The molecule has 1 aromatic rings. The van der Waals surface area contributed by atoms with Gasteiger partial charge in [0, 0.05) is 26.2 Å². The number of rotatable bonds is 4. The van der Waals surface area contributed by atoms with Crippen LogP contribution in [0.1, 0.15) is 14.8 Å². The van der Waals surface area contributed by atoms with E-state index in [1.54, 1.807) is 0 Å². The van der Waals surface area contributed by atoms with Crippen molar-refractivity contribution in [1.29, 1.82) is 0 Å². The van der Waals surface area contributed by atoms with Crippen LogP contribution in [-0.4, -0.2) is 60.4 Å². The molecule has 0 aromatic carbocycles. The number of nitrogens with one attached hydrogen (secondary N) is 1. The van der Waals surface area contributed by atoms with Crippen molar-refractivity contribution in [3.8, 4) is 0 Å². The number of hydrogen-bond donors (Lipinski definition) is 1. The molecule has 0 atom stereocenters.